The van der Waals surface area contributed by atoms with Gasteiger partial charge in [-0.1, -0.05) is 79.5 Å². The number of hydrogen-bond acceptors (Lipinski definition) is 8. The van der Waals surface area contributed by atoms with Crippen molar-refractivity contribution in [3.63, 3.8) is 0 Å². The first-order chi connectivity index (χ1) is 19.7. The fraction of sp³-hybridized carbons (Fsp3) is 0.281. The number of amides is 1. The first-order valence-corrected chi connectivity index (χ1v) is 13.3. The average molecular weight is 561 g/mol. The Morgan fingerprint density at radius 1 is 0.902 bits per heavy atom. The van der Waals surface area contributed by atoms with Crippen LogP contribution in [-0.4, -0.2) is 75.1 Å². The number of hydrogen-bond donors (Lipinski definition) is 5. The zero-order valence-corrected chi connectivity index (χ0v) is 22.9. The SMILES string of the molecule is C=C1N[C@@H](CO)C(=O)/C1=C(O)/C=C/C=C/C=C/[C@@H]1CCC=C[C@H]1/C=C/C=C/C=C/C(O)=C1/C(=O)[C@H](CO)N(C)C1=O. The van der Waals surface area contributed by atoms with Crippen LogP contribution in [0.1, 0.15) is 12.8 Å². The van der Waals surface area contributed by atoms with Crippen molar-refractivity contribution >= 4 is 17.5 Å². The Labute approximate surface area is 239 Å². The van der Waals surface area contributed by atoms with Gasteiger partial charge < -0.3 is 30.6 Å². The third kappa shape index (κ3) is 7.59. The predicted molar refractivity (Wildman–Crippen MR) is 156 cm³/mol. The summed E-state index contributed by atoms with van der Waals surface area (Å²) in [5, 5.41) is 41.7. The van der Waals surface area contributed by atoms with E-state index in [-0.39, 0.29) is 41.0 Å². The van der Waals surface area contributed by atoms with Crippen molar-refractivity contribution in [3.05, 3.63) is 120 Å². The molecule has 0 aromatic heterocycles. The largest absolute Gasteiger partial charge is 0.507 e. The fourth-order valence-electron chi connectivity index (χ4n) is 4.71. The molecule has 0 aromatic carbocycles. The smallest absolute Gasteiger partial charge is 0.261 e. The van der Waals surface area contributed by atoms with Gasteiger partial charge in [0, 0.05) is 18.7 Å². The summed E-state index contributed by atoms with van der Waals surface area (Å²) in [5.41, 5.74) is 0.0394. The van der Waals surface area contributed by atoms with Gasteiger partial charge in [0.05, 0.1) is 18.8 Å². The Morgan fingerprint density at radius 3 is 2.10 bits per heavy atom. The molecule has 216 valence electrons. The van der Waals surface area contributed by atoms with Crippen LogP contribution in [0.25, 0.3) is 0 Å². The maximum absolute atomic E-state index is 12.2. The lowest BCUT2D eigenvalue weighted by atomic mass is 9.83. The number of aliphatic hydroxyl groups excluding tert-OH is 4. The molecular weight excluding hydrogens is 524 g/mol. The number of Topliss-reactive ketones (excluding diaryl/α,β-unsaturated/α-hetero) is 2. The summed E-state index contributed by atoms with van der Waals surface area (Å²) in [5.74, 6) is -1.78. The lowest BCUT2D eigenvalue weighted by molar-refractivity contribution is -0.126. The first-order valence-electron chi connectivity index (χ1n) is 13.3. The zero-order valence-electron chi connectivity index (χ0n) is 22.9. The molecule has 0 spiro atoms. The fourth-order valence-corrected chi connectivity index (χ4v) is 4.71. The Kier molecular flexibility index (Phi) is 11.2. The number of ketones is 2. The first kappa shape index (κ1) is 31.1. The summed E-state index contributed by atoms with van der Waals surface area (Å²) in [4.78, 5) is 37.7. The summed E-state index contributed by atoms with van der Waals surface area (Å²) in [7, 11) is 1.40. The van der Waals surface area contributed by atoms with E-state index in [4.69, 9.17) is 0 Å². The van der Waals surface area contributed by atoms with Crippen LogP contribution in [0.4, 0.5) is 0 Å². The Hall–Kier alpha value is -4.47. The van der Waals surface area contributed by atoms with Gasteiger partial charge in [-0.3, -0.25) is 14.4 Å². The van der Waals surface area contributed by atoms with Crippen molar-refractivity contribution in [1.82, 2.24) is 10.2 Å². The Bertz CT molecular complexity index is 1320. The Balaban J connectivity index is 1.54. The molecular formula is C32H36N2O7. The highest BCUT2D eigenvalue weighted by Crippen LogP contribution is 2.27. The maximum atomic E-state index is 12.2. The van der Waals surface area contributed by atoms with Gasteiger partial charge in [-0.25, -0.2) is 0 Å². The quantitative estimate of drug-likeness (QED) is 0.0901. The van der Waals surface area contributed by atoms with Gasteiger partial charge in [0.25, 0.3) is 5.91 Å². The number of nitrogens with one attached hydrogen (secondary N) is 1. The number of nitrogens with zero attached hydrogens (tertiary/aromatic N) is 1. The molecule has 9 nitrogen and oxygen atoms in total. The van der Waals surface area contributed by atoms with Crippen LogP contribution < -0.4 is 5.32 Å². The molecule has 5 N–H and O–H groups in total. The summed E-state index contributed by atoms with van der Waals surface area (Å²) in [6, 6.07) is -1.75. The molecule has 9 heteroatoms. The van der Waals surface area contributed by atoms with Gasteiger partial charge in [-0.2, -0.15) is 0 Å². The monoisotopic (exact) mass is 560 g/mol. The molecule has 1 aliphatic carbocycles. The minimum Gasteiger partial charge on any atom is -0.507 e. The van der Waals surface area contributed by atoms with E-state index in [1.807, 2.05) is 18.2 Å². The number of likely N-dealkylation sites (N-methyl/N-ethyl adjacent to an activating group) is 1. The molecule has 2 saturated heterocycles. The summed E-state index contributed by atoms with van der Waals surface area (Å²) >= 11 is 0. The summed E-state index contributed by atoms with van der Waals surface area (Å²) in [6.45, 7) is 2.83. The molecule has 3 rings (SSSR count). The third-order valence-electron chi connectivity index (χ3n) is 7.02. The van der Waals surface area contributed by atoms with Crippen LogP contribution in [0.3, 0.4) is 0 Å². The van der Waals surface area contributed by atoms with Crippen molar-refractivity contribution < 1.29 is 34.8 Å². The van der Waals surface area contributed by atoms with Crippen molar-refractivity contribution in [1.29, 1.82) is 0 Å². The van der Waals surface area contributed by atoms with Crippen molar-refractivity contribution in [2.24, 2.45) is 11.8 Å². The number of carbonyl (C=O) groups excluding carboxylic acids is 3. The van der Waals surface area contributed by atoms with E-state index in [2.05, 4.69) is 36.2 Å². The van der Waals surface area contributed by atoms with Crippen molar-refractivity contribution in [3.8, 4) is 0 Å². The molecule has 41 heavy (non-hydrogen) atoms. The highest BCUT2D eigenvalue weighted by atomic mass is 16.3. The maximum Gasteiger partial charge on any atom is 0.261 e. The highest BCUT2D eigenvalue weighted by Gasteiger charge is 2.42. The van der Waals surface area contributed by atoms with E-state index in [1.165, 1.54) is 25.3 Å². The average Bonchev–Trinajstić information content (AvgIpc) is 3.37. The van der Waals surface area contributed by atoms with E-state index in [0.717, 1.165) is 17.7 Å². The number of likely N-dealkylation sites (tertiary alicyclic amines) is 1. The van der Waals surface area contributed by atoms with E-state index in [1.54, 1.807) is 24.3 Å². The highest BCUT2D eigenvalue weighted by molar-refractivity contribution is 6.27. The summed E-state index contributed by atoms with van der Waals surface area (Å²) < 4.78 is 0. The van der Waals surface area contributed by atoms with Gasteiger partial charge in [0.2, 0.25) is 0 Å². The molecule has 1 amide bonds. The van der Waals surface area contributed by atoms with Crippen molar-refractivity contribution in [2.75, 3.05) is 20.3 Å². The van der Waals surface area contributed by atoms with E-state index in [0.29, 0.717) is 0 Å². The topological polar surface area (TPSA) is 147 Å². The van der Waals surface area contributed by atoms with Crippen LogP contribution in [0.15, 0.2) is 120 Å². The molecule has 2 aliphatic heterocycles. The van der Waals surface area contributed by atoms with Crippen molar-refractivity contribution in [2.45, 2.75) is 24.9 Å². The minimum absolute atomic E-state index is 0.0780. The van der Waals surface area contributed by atoms with E-state index < -0.39 is 41.9 Å². The lowest BCUT2D eigenvalue weighted by Crippen LogP contribution is -2.34. The number of carbonyl (C=O) groups is 3. The predicted octanol–water partition coefficient (Wildman–Crippen LogP) is 2.98. The minimum atomic E-state index is -0.969. The second-order valence-electron chi connectivity index (χ2n) is 9.73. The van der Waals surface area contributed by atoms with Gasteiger partial charge in [0.15, 0.2) is 11.6 Å². The Morgan fingerprint density at radius 2 is 1.51 bits per heavy atom. The number of rotatable bonds is 10. The van der Waals surface area contributed by atoms with Crippen LogP contribution in [0.5, 0.6) is 0 Å². The normalized spacial score (nSPS) is 28.3. The third-order valence-corrected chi connectivity index (χ3v) is 7.02. The van der Waals surface area contributed by atoms with Gasteiger partial charge in [-0.15, -0.1) is 0 Å². The second-order valence-corrected chi connectivity index (χ2v) is 9.73. The van der Waals surface area contributed by atoms with Crippen LogP contribution >= 0.6 is 0 Å². The van der Waals surface area contributed by atoms with Crippen LogP contribution in [0, 0.1) is 11.8 Å². The molecule has 0 radical (unpaired) electrons. The van der Waals surface area contributed by atoms with E-state index in [9.17, 15) is 34.8 Å². The number of allylic oxidation sites excluding steroid dienone is 15. The number of aliphatic hydroxyl groups is 4. The summed E-state index contributed by atoms with van der Waals surface area (Å²) in [6.07, 6.45) is 27.1. The molecule has 0 bridgehead atoms. The van der Waals surface area contributed by atoms with Gasteiger partial charge in [-0.05, 0) is 30.9 Å². The molecule has 0 unspecified atom stereocenters. The second kappa shape index (κ2) is 14.8. The molecule has 2 fully saturated rings. The van der Waals surface area contributed by atoms with Gasteiger partial charge in [0.1, 0.15) is 29.2 Å². The van der Waals surface area contributed by atoms with Crippen LogP contribution in [-0.2, 0) is 14.4 Å². The standard InChI is InChI=1S/C32H36N2O7/c1-21-28(30(39)24(19-35)33-21)26(37)17-9-5-3-7-13-22-15-11-12-16-23(22)14-8-4-6-10-18-27(38)29-31(40)25(20-36)34(2)32(29)41/h3-10,12-14,16-18,22-25,33,35-38H,1,11,15,19-20H2,2H3/b5-3+,6-4+,13-7+,14-8+,17-9+,18-10+,28-26-,29-27+/t22-,23-,24+,25+/m1/s1. The lowest BCUT2D eigenvalue weighted by Gasteiger charge is -2.22. The molecule has 2 heterocycles. The van der Waals surface area contributed by atoms with Gasteiger partial charge >= 0.3 is 0 Å². The molecule has 3 aliphatic rings. The van der Waals surface area contributed by atoms with Crippen LogP contribution in [0.2, 0.25) is 0 Å². The molecule has 4 atom stereocenters. The molecule has 0 aromatic rings. The zero-order chi connectivity index (χ0) is 29.9. The van der Waals surface area contributed by atoms with E-state index >= 15 is 0 Å². The molecule has 0 saturated carbocycles.